The van der Waals surface area contributed by atoms with Gasteiger partial charge in [-0.05, 0) is 30.1 Å². The fourth-order valence-corrected chi connectivity index (χ4v) is 2.51. The van der Waals surface area contributed by atoms with Crippen molar-refractivity contribution in [1.29, 1.82) is 0 Å². The molecule has 1 saturated carbocycles. The summed E-state index contributed by atoms with van der Waals surface area (Å²) >= 11 is 0. The van der Waals surface area contributed by atoms with E-state index in [1.54, 1.807) is 0 Å². The molecular formula is C13H27N. The molecule has 1 N–H and O–H groups in total. The third-order valence-electron chi connectivity index (χ3n) is 3.41. The van der Waals surface area contributed by atoms with Crippen LogP contribution in [0, 0.1) is 17.3 Å². The van der Waals surface area contributed by atoms with E-state index in [4.69, 9.17) is 0 Å². The van der Waals surface area contributed by atoms with Gasteiger partial charge in [-0.3, -0.25) is 0 Å². The summed E-state index contributed by atoms with van der Waals surface area (Å²) in [5, 5.41) is 3.76. The van der Waals surface area contributed by atoms with Crippen molar-refractivity contribution in [3.05, 3.63) is 0 Å². The molecule has 0 aromatic rings. The molecule has 1 aliphatic carbocycles. The first-order valence-electron chi connectivity index (χ1n) is 6.13. The van der Waals surface area contributed by atoms with Gasteiger partial charge in [-0.25, -0.2) is 0 Å². The first-order chi connectivity index (χ1) is 6.40. The van der Waals surface area contributed by atoms with Crippen LogP contribution in [-0.2, 0) is 0 Å². The van der Waals surface area contributed by atoms with Gasteiger partial charge in [-0.15, -0.1) is 0 Å². The minimum absolute atomic E-state index is 0.414. The standard InChI is InChI=1S/C13H27N/c1-10-7-6-8-11(2)12(10)14-9-13(3,4)5/h10-12,14H,6-9H2,1-5H3. The predicted octanol–water partition coefficient (Wildman–Crippen LogP) is 3.45. The Hall–Kier alpha value is -0.0400. The maximum absolute atomic E-state index is 3.76. The van der Waals surface area contributed by atoms with Gasteiger partial charge in [-0.1, -0.05) is 41.0 Å². The topological polar surface area (TPSA) is 12.0 Å². The molecule has 84 valence electrons. The smallest absolute Gasteiger partial charge is 0.0118 e. The van der Waals surface area contributed by atoms with Crippen LogP contribution in [0.4, 0.5) is 0 Å². The van der Waals surface area contributed by atoms with Gasteiger partial charge in [0.15, 0.2) is 0 Å². The zero-order valence-electron chi connectivity index (χ0n) is 10.6. The molecule has 0 aliphatic heterocycles. The van der Waals surface area contributed by atoms with Crippen molar-refractivity contribution >= 4 is 0 Å². The van der Waals surface area contributed by atoms with Gasteiger partial charge < -0.3 is 5.32 Å². The second-order valence-electron chi connectivity index (χ2n) is 6.35. The highest BCUT2D eigenvalue weighted by molar-refractivity contribution is 4.84. The van der Waals surface area contributed by atoms with Crippen molar-refractivity contribution in [1.82, 2.24) is 5.32 Å². The highest BCUT2D eigenvalue weighted by Crippen LogP contribution is 2.29. The fourth-order valence-electron chi connectivity index (χ4n) is 2.51. The molecule has 0 aromatic carbocycles. The van der Waals surface area contributed by atoms with Gasteiger partial charge in [0, 0.05) is 12.6 Å². The second kappa shape index (κ2) is 4.65. The molecule has 0 saturated heterocycles. The lowest BCUT2D eigenvalue weighted by atomic mass is 9.78. The Labute approximate surface area is 89.7 Å². The third-order valence-corrected chi connectivity index (χ3v) is 3.41. The first-order valence-corrected chi connectivity index (χ1v) is 6.13. The summed E-state index contributed by atoms with van der Waals surface area (Å²) in [6.07, 6.45) is 4.24. The molecule has 1 fully saturated rings. The number of rotatable bonds is 2. The van der Waals surface area contributed by atoms with E-state index in [1.165, 1.54) is 19.3 Å². The van der Waals surface area contributed by atoms with Crippen LogP contribution >= 0.6 is 0 Å². The quantitative estimate of drug-likeness (QED) is 0.715. The summed E-state index contributed by atoms with van der Waals surface area (Å²) < 4.78 is 0. The molecule has 1 aliphatic rings. The van der Waals surface area contributed by atoms with Crippen molar-refractivity contribution < 1.29 is 0 Å². The SMILES string of the molecule is CC1CCCC(C)C1NCC(C)(C)C. The van der Waals surface area contributed by atoms with E-state index in [1.807, 2.05) is 0 Å². The Balaban J connectivity index is 2.40. The van der Waals surface area contributed by atoms with Crippen LogP contribution in [0.1, 0.15) is 53.9 Å². The molecule has 1 rings (SSSR count). The lowest BCUT2D eigenvalue weighted by molar-refractivity contribution is 0.191. The number of hydrogen-bond acceptors (Lipinski definition) is 1. The summed E-state index contributed by atoms with van der Waals surface area (Å²) in [5.41, 5.74) is 0.414. The lowest BCUT2D eigenvalue weighted by Gasteiger charge is -2.37. The number of nitrogens with one attached hydrogen (secondary N) is 1. The van der Waals surface area contributed by atoms with Crippen LogP contribution in [0.15, 0.2) is 0 Å². The van der Waals surface area contributed by atoms with Crippen LogP contribution in [0.3, 0.4) is 0 Å². The molecule has 0 aromatic heterocycles. The minimum Gasteiger partial charge on any atom is -0.313 e. The molecule has 0 radical (unpaired) electrons. The molecule has 2 atom stereocenters. The molecule has 0 bridgehead atoms. The van der Waals surface area contributed by atoms with E-state index in [0.29, 0.717) is 5.41 Å². The van der Waals surface area contributed by atoms with Crippen molar-refractivity contribution in [2.75, 3.05) is 6.54 Å². The first kappa shape index (κ1) is 12.0. The summed E-state index contributed by atoms with van der Waals surface area (Å²) in [6.45, 7) is 12.9. The average molecular weight is 197 g/mol. The fraction of sp³-hybridized carbons (Fsp3) is 1.00. The van der Waals surface area contributed by atoms with E-state index in [2.05, 4.69) is 39.9 Å². The van der Waals surface area contributed by atoms with Crippen molar-refractivity contribution in [2.24, 2.45) is 17.3 Å². The van der Waals surface area contributed by atoms with E-state index in [0.717, 1.165) is 24.4 Å². The maximum atomic E-state index is 3.76. The Kier molecular flexibility index (Phi) is 4.00. The largest absolute Gasteiger partial charge is 0.313 e. The predicted molar refractivity (Wildman–Crippen MR) is 63.4 cm³/mol. The average Bonchev–Trinajstić information content (AvgIpc) is 2.01. The van der Waals surface area contributed by atoms with Crippen LogP contribution in [0.2, 0.25) is 0 Å². The van der Waals surface area contributed by atoms with Gasteiger partial charge in [-0.2, -0.15) is 0 Å². The third kappa shape index (κ3) is 3.61. The molecule has 0 amide bonds. The summed E-state index contributed by atoms with van der Waals surface area (Å²) in [7, 11) is 0. The Morgan fingerprint density at radius 3 is 2.00 bits per heavy atom. The van der Waals surface area contributed by atoms with Crippen LogP contribution < -0.4 is 5.32 Å². The molecule has 1 heteroatoms. The Morgan fingerprint density at radius 2 is 1.57 bits per heavy atom. The second-order valence-corrected chi connectivity index (χ2v) is 6.35. The maximum Gasteiger partial charge on any atom is 0.0118 e. The van der Waals surface area contributed by atoms with Crippen LogP contribution in [0.25, 0.3) is 0 Å². The zero-order valence-corrected chi connectivity index (χ0v) is 10.6. The lowest BCUT2D eigenvalue weighted by Crippen LogP contribution is -2.45. The molecule has 0 spiro atoms. The van der Waals surface area contributed by atoms with E-state index < -0.39 is 0 Å². The minimum atomic E-state index is 0.414. The van der Waals surface area contributed by atoms with E-state index in [-0.39, 0.29) is 0 Å². The van der Waals surface area contributed by atoms with Gasteiger partial charge in [0.1, 0.15) is 0 Å². The van der Waals surface area contributed by atoms with Gasteiger partial charge in [0.05, 0.1) is 0 Å². The van der Waals surface area contributed by atoms with Crippen molar-refractivity contribution in [3.8, 4) is 0 Å². The molecule has 0 heterocycles. The van der Waals surface area contributed by atoms with Crippen molar-refractivity contribution in [3.63, 3.8) is 0 Å². The van der Waals surface area contributed by atoms with Crippen LogP contribution in [-0.4, -0.2) is 12.6 Å². The molecular weight excluding hydrogens is 170 g/mol. The summed E-state index contributed by atoms with van der Waals surface area (Å²) in [6, 6.07) is 0.753. The van der Waals surface area contributed by atoms with Gasteiger partial charge in [0.25, 0.3) is 0 Å². The van der Waals surface area contributed by atoms with Gasteiger partial charge in [0.2, 0.25) is 0 Å². The Bertz CT molecular complexity index is 159. The Morgan fingerprint density at radius 1 is 1.07 bits per heavy atom. The highest BCUT2D eigenvalue weighted by atomic mass is 14.9. The molecule has 2 unspecified atom stereocenters. The van der Waals surface area contributed by atoms with E-state index >= 15 is 0 Å². The monoisotopic (exact) mass is 197 g/mol. The van der Waals surface area contributed by atoms with E-state index in [9.17, 15) is 0 Å². The molecule has 1 nitrogen and oxygen atoms in total. The number of hydrogen-bond donors (Lipinski definition) is 1. The molecule has 14 heavy (non-hydrogen) atoms. The highest BCUT2D eigenvalue weighted by Gasteiger charge is 2.28. The van der Waals surface area contributed by atoms with Gasteiger partial charge >= 0.3 is 0 Å². The summed E-state index contributed by atoms with van der Waals surface area (Å²) in [5.74, 6) is 1.72. The van der Waals surface area contributed by atoms with Crippen LogP contribution in [0.5, 0.6) is 0 Å². The normalized spacial score (nSPS) is 34.5. The summed E-state index contributed by atoms with van der Waals surface area (Å²) in [4.78, 5) is 0. The zero-order chi connectivity index (χ0) is 10.8. The van der Waals surface area contributed by atoms with Crippen molar-refractivity contribution in [2.45, 2.75) is 59.9 Å².